The van der Waals surface area contributed by atoms with E-state index in [4.69, 9.17) is 0 Å². The second kappa shape index (κ2) is 6.34. The van der Waals surface area contributed by atoms with Crippen molar-refractivity contribution >= 4 is 33.9 Å². The molecule has 0 spiro atoms. The van der Waals surface area contributed by atoms with Crippen LogP contribution in [0.2, 0.25) is 0 Å². The summed E-state index contributed by atoms with van der Waals surface area (Å²) < 4.78 is 15.9. The minimum atomic E-state index is -0.451. The van der Waals surface area contributed by atoms with E-state index in [1.54, 1.807) is 23.7 Å². The molecule has 0 radical (unpaired) electrons. The van der Waals surface area contributed by atoms with Crippen molar-refractivity contribution in [3.8, 4) is 0 Å². The van der Waals surface area contributed by atoms with Gasteiger partial charge in [0.15, 0.2) is 17.3 Å². The van der Waals surface area contributed by atoms with Gasteiger partial charge in [-0.1, -0.05) is 0 Å². The van der Waals surface area contributed by atoms with E-state index < -0.39 is 5.82 Å². The molecule has 28 heavy (non-hydrogen) atoms. The standard InChI is InChI=1S/C18H19FN8O/c1-10-8-27-9-11(6-12(19)17(27)21-10)22-16-15-13(24-25-16)7-14(23-18(15)28)26-4-2-20-3-5-26/h6-9,20H,2-5H2,1H3,(H,23,28)(H2,22,24,25). The molecule has 4 N–H and O–H groups in total. The van der Waals surface area contributed by atoms with Gasteiger partial charge in [-0.25, -0.2) is 9.37 Å². The Morgan fingerprint density at radius 3 is 2.86 bits per heavy atom. The number of fused-ring (bicyclic) bond motifs is 2. The van der Waals surface area contributed by atoms with E-state index in [0.29, 0.717) is 22.4 Å². The number of imidazole rings is 1. The van der Waals surface area contributed by atoms with Crippen LogP contribution in [0, 0.1) is 12.7 Å². The van der Waals surface area contributed by atoms with Crippen LogP contribution in [-0.2, 0) is 0 Å². The van der Waals surface area contributed by atoms with Gasteiger partial charge in [0.05, 0.1) is 16.9 Å². The zero-order valence-corrected chi connectivity index (χ0v) is 15.2. The Balaban J connectivity index is 1.52. The van der Waals surface area contributed by atoms with E-state index in [1.165, 1.54) is 6.07 Å². The molecule has 5 heterocycles. The summed E-state index contributed by atoms with van der Waals surface area (Å²) >= 11 is 0. The van der Waals surface area contributed by atoms with E-state index in [0.717, 1.165) is 37.7 Å². The van der Waals surface area contributed by atoms with Gasteiger partial charge in [0.25, 0.3) is 5.56 Å². The summed E-state index contributed by atoms with van der Waals surface area (Å²) in [6.07, 6.45) is 3.45. The first-order chi connectivity index (χ1) is 13.6. The molecule has 0 aliphatic carbocycles. The summed E-state index contributed by atoms with van der Waals surface area (Å²) in [5, 5.41) is 13.8. The molecule has 0 saturated carbocycles. The molecular weight excluding hydrogens is 363 g/mol. The summed E-state index contributed by atoms with van der Waals surface area (Å²) in [5.41, 5.74) is 1.83. The molecule has 4 aromatic heterocycles. The molecule has 0 bridgehead atoms. The highest BCUT2D eigenvalue weighted by atomic mass is 19.1. The molecule has 10 heteroatoms. The predicted molar refractivity (Wildman–Crippen MR) is 105 cm³/mol. The molecule has 0 unspecified atom stereocenters. The summed E-state index contributed by atoms with van der Waals surface area (Å²) in [6.45, 7) is 5.19. The van der Waals surface area contributed by atoms with Crippen LogP contribution in [-0.4, -0.2) is 50.7 Å². The fraction of sp³-hybridized carbons (Fsp3) is 0.278. The monoisotopic (exact) mass is 382 g/mol. The third kappa shape index (κ3) is 2.78. The van der Waals surface area contributed by atoms with Crippen LogP contribution in [0.5, 0.6) is 0 Å². The smallest absolute Gasteiger partial charge is 0.262 e. The van der Waals surface area contributed by atoms with Crippen LogP contribution < -0.4 is 21.1 Å². The van der Waals surface area contributed by atoms with Crippen LogP contribution in [0.3, 0.4) is 0 Å². The summed E-state index contributed by atoms with van der Waals surface area (Å²) in [4.78, 5) is 21.9. The van der Waals surface area contributed by atoms with E-state index in [-0.39, 0.29) is 11.2 Å². The zero-order valence-electron chi connectivity index (χ0n) is 15.2. The number of nitrogens with one attached hydrogen (secondary N) is 4. The summed E-state index contributed by atoms with van der Waals surface area (Å²) in [6, 6.07) is 3.22. The lowest BCUT2D eigenvalue weighted by molar-refractivity contribution is 0.585. The lowest BCUT2D eigenvalue weighted by Crippen LogP contribution is -2.44. The average molecular weight is 382 g/mol. The quantitative estimate of drug-likeness (QED) is 0.428. The number of anilines is 3. The van der Waals surface area contributed by atoms with E-state index in [2.05, 4.69) is 35.7 Å². The normalized spacial score (nSPS) is 14.9. The maximum Gasteiger partial charge on any atom is 0.262 e. The number of aromatic amines is 2. The molecule has 9 nitrogen and oxygen atoms in total. The van der Waals surface area contributed by atoms with Crippen LogP contribution >= 0.6 is 0 Å². The number of pyridine rings is 2. The molecule has 4 aromatic rings. The molecule has 1 aliphatic heterocycles. The fourth-order valence-corrected chi connectivity index (χ4v) is 3.59. The highest BCUT2D eigenvalue weighted by molar-refractivity contribution is 5.92. The highest BCUT2D eigenvalue weighted by Crippen LogP contribution is 2.25. The Bertz CT molecular complexity index is 1230. The number of nitrogens with zero attached hydrogens (tertiary/aromatic N) is 4. The Kier molecular flexibility index (Phi) is 3.79. The second-order valence-corrected chi connectivity index (χ2v) is 6.90. The number of H-pyrrole nitrogens is 2. The molecule has 0 atom stereocenters. The first-order valence-electron chi connectivity index (χ1n) is 9.07. The molecule has 1 fully saturated rings. The van der Waals surface area contributed by atoms with Gasteiger partial charge < -0.3 is 24.9 Å². The number of piperazine rings is 1. The topological polar surface area (TPSA) is 106 Å². The van der Waals surface area contributed by atoms with Crippen molar-refractivity contribution in [2.24, 2.45) is 0 Å². The van der Waals surface area contributed by atoms with E-state index >= 15 is 0 Å². The van der Waals surface area contributed by atoms with Crippen molar-refractivity contribution in [3.63, 3.8) is 0 Å². The molecule has 0 amide bonds. The minimum absolute atomic E-state index is 0.248. The van der Waals surface area contributed by atoms with E-state index in [1.807, 2.05) is 6.07 Å². The number of aryl methyl sites for hydroxylation is 1. The van der Waals surface area contributed by atoms with E-state index in [9.17, 15) is 9.18 Å². The van der Waals surface area contributed by atoms with Crippen LogP contribution in [0.25, 0.3) is 16.6 Å². The van der Waals surface area contributed by atoms with Gasteiger partial charge in [0.2, 0.25) is 0 Å². The zero-order chi connectivity index (χ0) is 19.3. The number of rotatable bonds is 3. The van der Waals surface area contributed by atoms with Gasteiger partial charge in [0.1, 0.15) is 11.2 Å². The average Bonchev–Trinajstić information content (AvgIpc) is 3.26. The van der Waals surface area contributed by atoms with Gasteiger partial charge in [0, 0.05) is 50.7 Å². The Morgan fingerprint density at radius 2 is 2.04 bits per heavy atom. The lowest BCUT2D eigenvalue weighted by atomic mass is 10.2. The van der Waals surface area contributed by atoms with Gasteiger partial charge in [-0.05, 0) is 6.92 Å². The molecule has 1 aliphatic rings. The van der Waals surface area contributed by atoms with Gasteiger partial charge in [-0.2, -0.15) is 5.10 Å². The van der Waals surface area contributed by atoms with Crippen LogP contribution in [0.15, 0.2) is 29.3 Å². The largest absolute Gasteiger partial charge is 0.355 e. The van der Waals surface area contributed by atoms with Gasteiger partial charge in [-0.15, -0.1) is 0 Å². The van der Waals surface area contributed by atoms with Crippen LogP contribution in [0.4, 0.5) is 21.7 Å². The number of halogens is 1. The lowest BCUT2D eigenvalue weighted by Gasteiger charge is -2.28. The summed E-state index contributed by atoms with van der Waals surface area (Å²) in [5.74, 6) is 0.655. The maximum absolute atomic E-state index is 14.3. The molecule has 144 valence electrons. The van der Waals surface area contributed by atoms with Crippen molar-refractivity contribution in [2.75, 3.05) is 36.4 Å². The SMILES string of the molecule is Cc1cn2cc(Nc3n[nH]c4cc(N5CCNCC5)[nH]c(=O)c34)cc(F)c2n1. The summed E-state index contributed by atoms with van der Waals surface area (Å²) in [7, 11) is 0. The number of hydrogen-bond donors (Lipinski definition) is 4. The predicted octanol–water partition coefficient (Wildman–Crippen LogP) is 1.50. The third-order valence-electron chi connectivity index (χ3n) is 4.89. The van der Waals surface area contributed by atoms with Crippen LogP contribution in [0.1, 0.15) is 5.69 Å². The fourth-order valence-electron chi connectivity index (χ4n) is 3.59. The van der Waals surface area contributed by atoms with Crippen molar-refractivity contribution < 1.29 is 4.39 Å². The number of hydrogen-bond acceptors (Lipinski definition) is 6. The minimum Gasteiger partial charge on any atom is -0.355 e. The van der Waals surface area contributed by atoms with Crippen molar-refractivity contribution in [2.45, 2.75) is 6.92 Å². The van der Waals surface area contributed by atoms with Gasteiger partial charge in [-0.3, -0.25) is 9.89 Å². The van der Waals surface area contributed by atoms with Gasteiger partial charge >= 0.3 is 0 Å². The molecule has 5 rings (SSSR count). The first-order valence-corrected chi connectivity index (χ1v) is 9.07. The Hall–Kier alpha value is -3.40. The Labute approximate surface area is 158 Å². The van der Waals surface area contributed by atoms with Crippen molar-refractivity contribution in [3.05, 3.63) is 46.4 Å². The maximum atomic E-state index is 14.3. The molecular formula is C18H19FN8O. The first kappa shape index (κ1) is 16.8. The third-order valence-corrected chi connectivity index (χ3v) is 4.89. The Morgan fingerprint density at radius 1 is 1.21 bits per heavy atom. The number of aromatic nitrogens is 5. The second-order valence-electron chi connectivity index (χ2n) is 6.90. The molecule has 0 aromatic carbocycles. The van der Waals surface area contributed by atoms with Crippen molar-refractivity contribution in [1.29, 1.82) is 0 Å². The van der Waals surface area contributed by atoms with Crippen molar-refractivity contribution in [1.82, 2.24) is 29.9 Å². The molecule has 1 saturated heterocycles. The highest BCUT2D eigenvalue weighted by Gasteiger charge is 2.17.